The first-order chi connectivity index (χ1) is 12.7. The summed E-state index contributed by atoms with van der Waals surface area (Å²) < 4.78 is 1.14. The van der Waals surface area contributed by atoms with Gasteiger partial charge in [0.15, 0.2) is 5.13 Å². The molecule has 0 bridgehead atoms. The number of thiazole rings is 2. The Bertz CT molecular complexity index is 884. The Hall–Kier alpha value is -1.99. The van der Waals surface area contributed by atoms with E-state index >= 15 is 0 Å². The van der Waals surface area contributed by atoms with Gasteiger partial charge in [-0.15, -0.1) is 11.3 Å². The zero-order valence-electron chi connectivity index (χ0n) is 14.9. The van der Waals surface area contributed by atoms with Crippen molar-refractivity contribution < 1.29 is 4.79 Å². The molecular weight excluding hydrogens is 364 g/mol. The molecular formula is C19H22N4OS2. The van der Waals surface area contributed by atoms with Gasteiger partial charge in [-0.05, 0) is 43.4 Å². The lowest BCUT2D eigenvalue weighted by molar-refractivity contribution is 0.192. The molecule has 0 spiro atoms. The number of hydrogen-bond donors (Lipinski definition) is 0. The third-order valence-corrected chi connectivity index (χ3v) is 6.54. The van der Waals surface area contributed by atoms with Crippen LogP contribution < -0.4 is 4.90 Å². The van der Waals surface area contributed by atoms with Crippen LogP contribution in [0.4, 0.5) is 9.93 Å². The van der Waals surface area contributed by atoms with Gasteiger partial charge < -0.3 is 4.90 Å². The highest BCUT2D eigenvalue weighted by Crippen LogP contribution is 2.32. The van der Waals surface area contributed by atoms with E-state index in [1.54, 1.807) is 22.7 Å². The van der Waals surface area contributed by atoms with Crippen molar-refractivity contribution in [3.05, 3.63) is 40.3 Å². The van der Waals surface area contributed by atoms with Gasteiger partial charge in [0.2, 0.25) is 0 Å². The number of urea groups is 1. The van der Waals surface area contributed by atoms with Crippen LogP contribution in [0.25, 0.3) is 10.2 Å². The fourth-order valence-electron chi connectivity index (χ4n) is 3.24. The SMILES string of the molecule is CCc1ccc2nc(N(Cc3cncs3)C(=O)N3CCCCC3)sc2c1. The van der Waals surface area contributed by atoms with Crippen molar-refractivity contribution in [3.8, 4) is 0 Å². The van der Waals surface area contributed by atoms with Crippen molar-refractivity contribution in [2.45, 2.75) is 39.2 Å². The molecule has 0 atom stereocenters. The molecule has 0 aliphatic carbocycles. The minimum absolute atomic E-state index is 0.0628. The average molecular weight is 387 g/mol. The van der Waals surface area contributed by atoms with Crippen molar-refractivity contribution in [3.63, 3.8) is 0 Å². The number of carbonyl (C=O) groups excluding carboxylic acids is 1. The summed E-state index contributed by atoms with van der Waals surface area (Å²) in [7, 11) is 0. The molecule has 1 aliphatic heterocycles. The van der Waals surface area contributed by atoms with Gasteiger partial charge in [-0.1, -0.05) is 24.3 Å². The lowest BCUT2D eigenvalue weighted by Crippen LogP contribution is -2.45. The molecule has 26 heavy (non-hydrogen) atoms. The summed E-state index contributed by atoms with van der Waals surface area (Å²) in [5, 5.41) is 0.775. The summed E-state index contributed by atoms with van der Waals surface area (Å²) in [6.07, 6.45) is 6.21. The summed E-state index contributed by atoms with van der Waals surface area (Å²) in [5.41, 5.74) is 4.07. The first kappa shape index (κ1) is 17.4. The molecule has 1 aliphatic rings. The number of rotatable bonds is 4. The number of amides is 2. The first-order valence-electron chi connectivity index (χ1n) is 9.08. The van der Waals surface area contributed by atoms with E-state index in [4.69, 9.17) is 4.98 Å². The maximum absolute atomic E-state index is 13.2. The fourth-order valence-corrected chi connectivity index (χ4v) is 4.85. The van der Waals surface area contributed by atoms with E-state index < -0.39 is 0 Å². The number of benzene rings is 1. The van der Waals surface area contributed by atoms with Crippen molar-refractivity contribution >= 4 is 44.1 Å². The Morgan fingerprint density at radius 3 is 2.85 bits per heavy atom. The lowest BCUT2D eigenvalue weighted by atomic mass is 10.1. The number of aromatic nitrogens is 2. The summed E-state index contributed by atoms with van der Waals surface area (Å²) in [4.78, 5) is 27.0. The fraction of sp³-hybridized carbons (Fsp3) is 0.421. The van der Waals surface area contributed by atoms with Gasteiger partial charge in [0.25, 0.3) is 0 Å². The van der Waals surface area contributed by atoms with Crippen LogP contribution in [0.15, 0.2) is 29.9 Å². The molecule has 0 saturated carbocycles. The normalized spacial score (nSPS) is 14.7. The Morgan fingerprint density at radius 1 is 1.27 bits per heavy atom. The summed E-state index contributed by atoms with van der Waals surface area (Å²) in [5.74, 6) is 0. The number of hydrogen-bond acceptors (Lipinski definition) is 5. The van der Waals surface area contributed by atoms with Gasteiger partial charge >= 0.3 is 6.03 Å². The van der Waals surface area contributed by atoms with Crippen LogP contribution in [-0.2, 0) is 13.0 Å². The van der Waals surface area contributed by atoms with Crippen LogP contribution >= 0.6 is 22.7 Å². The van der Waals surface area contributed by atoms with E-state index in [9.17, 15) is 4.79 Å². The summed E-state index contributed by atoms with van der Waals surface area (Å²) in [6.45, 7) is 4.35. The predicted molar refractivity (Wildman–Crippen MR) is 108 cm³/mol. The van der Waals surface area contributed by atoms with Crippen LogP contribution in [0.1, 0.15) is 36.6 Å². The van der Waals surface area contributed by atoms with Crippen molar-refractivity contribution in [1.82, 2.24) is 14.9 Å². The maximum Gasteiger partial charge on any atom is 0.326 e. The standard InChI is InChI=1S/C19H22N4OS2/c1-2-14-6-7-16-17(10-14)26-18(21-16)23(12-15-11-20-13-25-15)19(24)22-8-4-3-5-9-22/h6-7,10-11,13H,2-5,8-9,12H2,1H3. The van der Waals surface area contributed by atoms with Crippen molar-refractivity contribution in [1.29, 1.82) is 0 Å². The van der Waals surface area contributed by atoms with Crippen LogP contribution in [0.2, 0.25) is 0 Å². The number of anilines is 1. The molecule has 2 amide bonds. The second kappa shape index (κ2) is 7.72. The molecule has 2 aromatic heterocycles. The molecule has 0 N–H and O–H groups in total. The summed E-state index contributed by atoms with van der Waals surface area (Å²) >= 11 is 3.18. The average Bonchev–Trinajstić information content (AvgIpc) is 3.34. The minimum Gasteiger partial charge on any atom is -0.324 e. The molecule has 1 saturated heterocycles. The maximum atomic E-state index is 13.2. The van der Waals surface area contributed by atoms with Gasteiger partial charge in [0.05, 0.1) is 22.3 Å². The molecule has 4 rings (SSSR count). The molecule has 136 valence electrons. The quantitative estimate of drug-likeness (QED) is 0.639. The summed E-state index contributed by atoms with van der Waals surface area (Å²) in [6, 6.07) is 6.43. The molecule has 5 nitrogen and oxygen atoms in total. The van der Waals surface area contributed by atoms with Crippen LogP contribution in [-0.4, -0.2) is 34.0 Å². The number of nitrogens with zero attached hydrogens (tertiary/aromatic N) is 4. The van der Waals surface area contributed by atoms with E-state index in [1.165, 1.54) is 12.0 Å². The van der Waals surface area contributed by atoms with E-state index in [0.29, 0.717) is 6.54 Å². The number of aryl methyl sites for hydroxylation is 1. The molecule has 3 heterocycles. The van der Waals surface area contributed by atoms with E-state index in [1.807, 2.05) is 21.5 Å². The minimum atomic E-state index is 0.0628. The number of likely N-dealkylation sites (tertiary alicyclic amines) is 1. The zero-order valence-corrected chi connectivity index (χ0v) is 16.5. The number of piperidine rings is 1. The van der Waals surface area contributed by atoms with E-state index in [-0.39, 0.29) is 6.03 Å². The zero-order chi connectivity index (χ0) is 17.9. The molecule has 0 unspecified atom stereocenters. The van der Waals surface area contributed by atoms with Gasteiger partial charge in [0, 0.05) is 24.2 Å². The second-order valence-electron chi connectivity index (χ2n) is 6.54. The number of carbonyl (C=O) groups is 1. The third-order valence-electron chi connectivity index (χ3n) is 4.74. The largest absolute Gasteiger partial charge is 0.326 e. The van der Waals surface area contributed by atoms with Crippen LogP contribution in [0.5, 0.6) is 0 Å². The van der Waals surface area contributed by atoms with Crippen molar-refractivity contribution in [2.75, 3.05) is 18.0 Å². The third kappa shape index (κ3) is 3.59. The monoisotopic (exact) mass is 386 g/mol. The first-order valence-corrected chi connectivity index (χ1v) is 10.8. The molecule has 3 aromatic rings. The van der Waals surface area contributed by atoms with Gasteiger partial charge in [-0.25, -0.2) is 9.78 Å². The van der Waals surface area contributed by atoms with E-state index in [2.05, 4.69) is 30.1 Å². The van der Waals surface area contributed by atoms with Crippen LogP contribution in [0.3, 0.4) is 0 Å². The molecule has 1 aromatic carbocycles. The second-order valence-corrected chi connectivity index (χ2v) is 8.52. The molecule has 1 fully saturated rings. The Balaban J connectivity index is 1.68. The highest BCUT2D eigenvalue weighted by molar-refractivity contribution is 7.22. The highest BCUT2D eigenvalue weighted by Gasteiger charge is 2.26. The lowest BCUT2D eigenvalue weighted by Gasteiger charge is -2.31. The van der Waals surface area contributed by atoms with Gasteiger partial charge in [0.1, 0.15) is 0 Å². The Kier molecular flexibility index (Phi) is 5.17. The smallest absolute Gasteiger partial charge is 0.324 e. The highest BCUT2D eigenvalue weighted by atomic mass is 32.1. The predicted octanol–water partition coefficient (Wildman–Crippen LogP) is 4.93. The van der Waals surface area contributed by atoms with Gasteiger partial charge in [-0.2, -0.15) is 0 Å². The topological polar surface area (TPSA) is 49.3 Å². The van der Waals surface area contributed by atoms with Crippen molar-refractivity contribution in [2.24, 2.45) is 0 Å². The van der Waals surface area contributed by atoms with E-state index in [0.717, 1.165) is 52.6 Å². The number of fused-ring (bicyclic) bond motifs is 1. The Labute approximate surface area is 161 Å². The van der Waals surface area contributed by atoms with Gasteiger partial charge in [-0.3, -0.25) is 9.88 Å². The molecule has 7 heteroatoms. The van der Waals surface area contributed by atoms with Crippen LogP contribution in [0, 0.1) is 0 Å². The molecule has 0 radical (unpaired) electrons. The Morgan fingerprint density at radius 2 is 2.12 bits per heavy atom.